The van der Waals surface area contributed by atoms with Gasteiger partial charge in [-0.15, -0.1) is 4.83 Å². The van der Waals surface area contributed by atoms with Crippen molar-refractivity contribution >= 4 is 27.9 Å². The third kappa shape index (κ3) is 6.67. The highest BCUT2D eigenvalue weighted by atomic mass is 35.5. The van der Waals surface area contributed by atoms with Gasteiger partial charge in [0.15, 0.2) is 6.30 Å². The molecule has 11 heteroatoms. The van der Waals surface area contributed by atoms with E-state index in [4.69, 9.17) is 16.5 Å². The molecule has 0 bridgehead atoms. The number of sulfonamides is 1. The number of carbonyl (C=O) groups excluding carboxylic acids is 1. The summed E-state index contributed by atoms with van der Waals surface area (Å²) in [6.45, 7) is 6.99. The summed E-state index contributed by atoms with van der Waals surface area (Å²) < 4.78 is 46.0. The Morgan fingerprint density at radius 3 is 2.44 bits per heavy atom. The first-order chi connectivity index (χ1) is 15.9. The molecule has 1 aliphatic heterocycles. The number of benzene rings is 2. The van der Waals surface area contributed by atoms with E-state index >= 15 is 0 Å². The lowest BCUT2D eigenvalue weighted by atomic mass is 9.97. The Morgan fingerprint density at radius 2 is 1.79 bits per heavy atom. The van der Waals surface area contributed by atoms with Crippen molar-refractivity contribution in [1.29, 1.82) is 0 Å². The molecule has 1 saturated heterocycles. The highest BCUT2D eigenvalue weighted by molar-refractivity contribution is 7.89. The summed E-state index contributed by atoms with van der Waals surface area (Å²) in [6.07, 6.45) is -2.19. The molecule has 1 heterocycles. The number of piperazine rings is 1. The van der Waals surface area contributed by atoms with Crippen LogP contribution < -0.4 is 10.3 Å². The fraction of sp³-hybridized carbons (Fsp3) is 0.435. The molecule has 1 amide bonds. The number of ether oxygens (including phenoxy) is 1. The minimum Gasteiger partial charge on any atom is -0.444 e. The lowest BCUT2D eigenvalue weighted by molar-refractivity contribution is -0.0216. The van der Waals surface area contributed by atoms with Crippen LogP contribution in [0.4, 0.5) is 9.18 Å². The van der Waals surface area contributed by atoms with Gasteiger partial charge < -0.3 is 4.74 Å². The van der Waals surface area contributed by atoms with Gasteiger partial charge in [-0.25, -0.2) is 23.0 Å². The summed E-state index contributed by atoms with van der Waals surface area (Å²) in [5.41, 5.74) is 4.36. The molecule has 34 heavy (non-hydrogen) atoms. The maximum absolute atomic E-state index is 14.4. The van der Waals surface area contributed by atoms with E-state index in [0.29, 0.717) is 5.56 Å². The van der Waals surface area contributed by atoms with Gasteiger partial charge in [-0.1, -0.05) is 42.0 Å². The maximum Gasteiger partial charge on any atom is 0.410 e. The molecule has 0 radical (unpaired) electrons. The lowest BCUT2D eigenvalue weighted by Crippen LogP contribution is -2.53. The van der Waals surface area contributed by atoms with Crippen LogP contribution in [0, 0.1) is 6.92 Å². The number of carbonyl (C=O) groups is 1. The average molecular weight is 513 g/mol. The molecule has 2 aromatic carbocycles. The molecule has 0 aliphatic carbocycles. The molecule has 0 spiro atoms. The van der Waals surface area contributed by atoms with E-state index in [0.717, 1.165) is 15.5 Å². The molecule has 186 valence electrons. The van der Waals surface area contributed by atoms with E-state index in [1.165, 1.54) is 17.0 Å². The van der Waals surface area contributed by atoms with Gasteiger partial charge in [0.2, 0.25) is 0 Å². The van der Waals surface area contributed by atoms with Crippen molar-refractivity contribution in [2.75, 3.05) is 13.1 Å². The zero-order chi connectivity index (χ0) is 25.1. The summed E-state index contributed by atoms with van der Waals surface area (Å²) in [5.74, 6) is 0. The molecule has 1 fully saturated rings. The zero-order valence-electron chi connectivity index (χ0n) is 19.6. The lowest BCUT2D eigenvalue weighted by Gasteiger charge is -2.41. The number of hydrazine groups is 1. The topological polar surface area (TPSA) is 91.0 Å². The van der Waals surface area contributed by atoms with Crippen LogP contribution in [0.5, 0.6) is 0 Å². The predicted molar refractivity (Wildman–Crippen MR) is 128 cm³/mol. The van der Waals surface area contributed by atoms with Crippen LogP contribution in [0.25, 0.3) is 0 Å². The quantitative estimate of drug-likeness (QED) is 0.345. The third-order valence-corrected chi connectivity index (χ3v) is 6.89. The van der Waals surface area contributed by atoms with E-state index in [-0.39, 0.29) is 24.5 Å². The zero-order valence-corrected chi connectivity index (χ0v) is 21.2. The second-order valence-corrected chi connectivity index (χ2v) is 11.3. The fourth-order valence-corrected chi connectivity index (χ4v) is 4.63. The van der Waals surface area contributed by atoms with Crippen LogP contribution in [-0.4, -0.2) is 48.8 Å². The van der Waals surface area contributed by atoms with E-state index < -0.39 is 34.1 Å². The minimum absolute atomic E-state index is 0.0358. The number of nitrogens with one attached hydrogen (secondary N) is 2. The number of aryl methyl sites for hydroxylation is 1. The summed E-state index contributed by atoms with van der Waals surface area (Å²) >= 11 is 6.08. The SMILES string of the molecule is Cc1ccc(S(=O)(=O)NNCc2ccccc2C2CN(Cl)C(F)CN2C(=O)OC(C)(C)C)cc1. The van der Waals surface area contributed by atoms with Crippen LogP contribution in [0.1, 0.15) is 43.5 Å². The predicted octanol–water partition coefficient (Wildman–Crippen LogP) is 4.02. The van der Waals surface area contributed by atoms with Crippen LogP contribution in [0.15, 0.2) is 53.4 Å². The average Bonchev–Trinajstić information content (AvgIpc) is 2.75. The molecule has 1 aliphatic rings. The third-order valence-electron chi connectivity index (χ3n) is 5.23. The van der Waals surface area contributed by atoms with Gasteiger partial charge in [-0.05, 0) is 62.7 Å². The normalized spacial score (nSPS) is 19.8. The molecule has 2 aromatic rings. The molecule has 0 saturated carbocycles. The van der Waals surface area contributed by atoms with Gasteiger partial charge in [0.05, 0.1) is 17.5 Å². The Hall–Kier alpha value is -2.24. The summed E-state index contributed by atoms with van der Waals surface area (Å²) in [6, 6.07) is 13.1. The van der Waals surface area contributed by atoms with Gasteiger partial charge in [-0.3, -0.25) is 4.90 Å². The van der Waals surface area contributed by atoms with Crippen molar-refractivity contribution in [2.24, 2.45) is 0 Å². The van der Waals surface area contributed by atoms with Crippen molar-refractivity contribution < 1.29 is 22.3 Å². The van der Waals surface area contributed by atoms with Crippen molar-refractivity contribution in [3.63, 3.8) is 0 Å². The second-order valence-electron chi connectivity index (χ2n) is 9.14. The summed E-state index contributed by atoms with van der Waals surface area (Å²) in [4.78, 5) is 16.7. The number of rotatable bonds is 6. The molecular weight excluding hydrogens is 483 g/mol. The Labute approximate surface area is 205 Å². The first-order valence-electron chi connectivity index (χ1n) is 10.8. The van der Waals surface area contributed by atoms with Crippen LogP contribution >= 0.6 is 11.8 Å². The van der Waals surface area contributed by atoms with Crippen LogP contribution in [0.2, 0.25) is 0 Å². The highest BCUT2D eigenvalue weighted by Crippen LogP contribution is 2.33. The first-order valence-corrected chi connectivity index (χ1v) is 12.6. The Balaban J connectivity index is 1.79. The molecule has 8 nitrogen and oxygen atoms in total. The molecule has 2 unspecified atom stereocenters. The number of amides is 1. The molecule has 0 aromatic heterocycles. The monoisotopic (exact) mass is 512 g/mol. The molecule has 2 atom stereocenters. The number of alkyl halides is 1. The van der Waals surface area contributed by atoms with Crippen molar-refractivity contribution in [3.8, 4) is 0 Å². The van der Waals surface area contributed by atoms with Gasteiger partial charge in [0, 0.05) is 13.1 Å². The maximum atomic E-state index is 14.4. The summed E-state index contributed by atoms with van der Waals surface area (Å²) in [7, 11) is -3.77. The van der Waals surface area contributed by atoms with E-state index in [9.17, 15) is 17.6 Å². The van der Waals surface area contributed by atoms with Gasteiger partial charge in [0.1, 0.15) is 5.60 Å². The number of hydrogen-bond donors (Lipinski definition) is 2. The smallest absolute Gasteiger partial charge is 0.410 e. The number of nitrogens with zero attached hydrogens (tertiary/aromatic N) is 2. The largest absolute Gasteiger partial charge is 0.444 e. The molecule has 2 N–H and O–H groups in total. The van der Waals surface area contributed by atoms with Crippen molar-refractivity contribution in [1.82, 2.24) is 19.6 Å². The van der Waals surface area contributed by atoms with Crippen molar-refractivity contribution in [2.45, 2.75) is 57.1 Å². The minimum atomic E-state index is -3.77. The highest BCUT2D eigenvalue weighted by Gasteiger charge is 2.39. The van der Waals surface area contributed by atoms with Gasteiger partial charge in [0.25, 0.3) is 10.0 Å². The second kappa shape index (κ2) is 10.6. The first kappa shape index (κ1) is 26.4. The number of halogens is 2. The van der Waals surface area contributed by atoms with E-state index in [1.807, 2.05) is 6.92 Å². The Kier molecular flexibility index (Phi) is 8.20. The number of hydrogen-bond acceptors (Lipinski definition) is 6. The van der Waals surface area contributed by atoms with E-state index in [2.05, 4.69) is 10.3 Å². The Morgan fingerprint density at radius 1 is 1.15 bits per heavy atom. The van der Waals surface area contributed by atoms with Gasteiger partial charge in [-0.2, -0.15) is 4.42 Å². The van der Waals surface area contributed by atoms with Crippen molar-refractivity contribution in [3.05, 3.63) is 65.2 Å². The van der Waals surface area contributed by atoms with Crippen LogP contribution in [-0.2, 0) is 21.3 Å². The van der Waals surface area contributed by atoms with Crippen LogP contribution in [0.3, 0.4) is 0 Å². The van der Waals surface area contributed by atoms with E-state index in [1.54, 1.807) is 57.2 Å². The summed E-state index contributed by atoms with van der Waals surface area (Å²) in [5, 5.41) is 0. The molecular formula is C23H30ClFN4O4S. The fourth-order valence-electron chi connectivity index (χ4n) is 3.57. The Bertz CT molecular complexity index is 1110. The van der Waals surface area contributed by atoms with Gasteiger partial charge >= 0.3 is 6.09 Å². The molecule has 3 rings (SSSR count). The standard InChI is InChI=1S/C23H30ClFN4O4S/c1-16-9-11-18(12-10-16)34(31,32)27-26-13-17-7-5-6-8-19(17)20-14-29(24)21(25)15-28(20)22(30)33-23(2,3)4/h5-12,20-21,26-27H,13-15H2,1-4H3.